The third-order valence-corrected chi connectivity index (χ3v) is 4.69. The zero-order valence-electron chi connectivity index (χ0n) is 15.8. The van der Waals surface area contributed by atoms with Gasteiger partial charge in [0.1, 0.15) is 0 Å². The molecule has 148 valence electrons. The summed E-state index contributed by atoms with van der Waals surface area (Å²) in [6.45, 7) is 5.40. The van der Waals surface area contributed by atoms with Crippen molar-refractivity contribution in [1.82, 2.24) is 20.9 Å². The second-order valence-corrected chi connectivity index (χ2v) is 6.67. The van der Waals surface area contributed by atoms with Gasteiger partial charge in [-0.1, -0.05) is 19.1 Å². The number of carbonyl (C=O) groups is 3. The Bertz CT molecular complexity index is 673. The highest BCUT2D eigenvalue weighted by molar-refractivity contribution is 5.94. The number of nitrogens with one attached hydrogen (secondary N) is 3. The van der Waals surface area contributed by atoms with Gasteiger partial charge in [-0.05, 0) is 44.0 Å². The molecule has 3 amide bonds. The summed E-state index contributed by atoms with van der Waals surface area (Å²) < 4.78 is 0. The molecule has 0 spiro atoms. The summed E-state index contributed by atoms with van der Waals surface area (Å²) in [6, 6.07) is 7.13. The van der Waals surface area contributed by atoms with Crippen LogP contribution < -0.4 is 16.0 Å². The molecule has 1 aromatic carbocycles. The first-order valence-electron chi connectivity index (χ1n) is 9.30. The van der Waals surface area contributed by atoms with E-state index < -0.39 is 5.97 Å². The summed E-state index contributed by atoms with van der Waals surface area (Å²) in [7, 11) is 0. The summed E-state index contributed by atoms with van der Waals surface area (Å²) in [6.07, 6.45) is 1.50. The van der Waals surface area contributed by atoms with Crippen molar-refractivity contribution in [2.24, 2.45) is 0 Å². The molecule has 1 saturated carbocycles. The maximum atomic E-state index is 12.1. The number of hydrogen-bond acceptors (Lipinski definition) is 4. The normalized spacial score (nSPS) is 18.5. The zero-order chi connectivity index (χ0) is 19.8. The van der Waals surface area contributed by atoms with Crippen LogP contribution in [0.1, 0.15) is 42.6 Å². The fraction of sp³-hybridized carbons (Fsp3) is 0.526. The number of nitrogens with zero attached hydrogens (tertiary/aromatic N) is 1. The lowest BCUT2D eigenvalue weighted by Gasteiger charge is -2.42. The SMILES string of the molecule is CCNC(=O)c1cccc(CNC(=O)NC2CC(N(CC)CC(=O)O)C2)c1. The van der Waals surface area contributed by atoms with E-state index in [4.69, 9.17) is 5.11 Å². The van der Waals surface area contributed by atoms with Crippen LogP contribution in [0.5, 0.6) is 0 Å². The molecule has 0 radical (unpaired) electrons. The number of carboxylic acid groups (broad SMARTS) is 1. The van der Waals surface area contributed by atoms with Gasteiger partial charge < -0.3 is 21.1 Å². The third-order valence-electron chi connectivity index (χ3n) is 4.69. The predicted octanol–water partition coefficient (Wildman–Crippen LogP) is 1.17. The Morgan fingerprint density at radius 2 is 1.93 bits per heavy atom. The number of urea groups is 1. The molecular formula is C19H28N4O4. The van der Waals surface area contributed by atoms with Gasteiger partial charge in [-0.15, -0.1) is 0 Å². The molecule has 0 bridgehead atoms. The van der Waals surface area contributed by atoms with Crippen LogP contribution in [0.2, 0.25) is 0 Å². The van der Waals surface area contributed by atoms with Crippen molar-refractivity contribution in [1.29, 1.82) is 0 Å². The highest BCUT2D eigenvalue weighted by Crippen LogP contribution is 2.25. The monoisotopic (exact) mass is 376 g/mol. The number of carboxylic acids is 1. The fourth-order valence-corrected chi connectivity index (χ4v) is 3.18. The van der Waals surface area contributed by atoms with Gasteiger partial charge >= 0.3 is 12.0 Å². The van der Waals surface area contributed by atoms with Crippen molar-refractivity contribution >= 4 is 17.9 Å². The topological polar surface area (TPSA) is 111 Å². The number of benzene rings is 1. The maximum Gasteiger partial charge on any atom is 0.317 e. The van der Waals surface area contributed by atoms with Gasteiger partial charge in [0.05, 0.1) is 6.54 Å². The average molecular weight is 376 g/mol. The molecular weight excluding hydrogens is 348 g/mol. The lowest BCUT2D eigenvalue weighted by molar-refractivity contribution is -0.139. The summed E-state index contributed by atoms with van der Waals surface area (Å²) in [5.41, 5.74) is 1.41. The molecule has 0 aliphatic heterocycles. The minimum Gasteiger partial charge on any atom is -0.480 e. The standard InChI is InChI=1S/C19H28N4O4/c1-3-20-18(26)14-7-5-6-13(8-14)11-21-19(27)22-15-9-16(10-15)23(4-2)12-17(24)25/h5-8,15-16H,3-4,9-12H2,1-2H3,(H,20,26)(H,24,25)(H2,21,22,27). The number of amides is 3. The van der Waals surface area contributed by atoms with Gasteiger partial charge in [-0.2, -0.15) is 0 Å². The van der Waals surface area contributed by atoms with Gasteiger partial charge in [0, 0.05) is 30.7 Å². The van der Waals surface area contributed by atoms with Gasteiger partial charge in [0.15, 0.2) is 0 Å². The second-order valence-electron chi connectivity index (χ2n) is 6.67. The summed E-state index contributed by atoms with van der Waals surface area (Å²) >= 11 is 0. The van der Waals surface area contributed by atoms with E-state index in [1.165, 1.54) is 0 Å². The average Bonchev–Trinajstić information content (AvgIpc) is 2.61. The molecule has 8 heteroatoms. The van der Waals surface area contributed by atoms with Gasteiger partial charge in [-0.3, -0.25) is 14.5 Å². The Hall–Kier alpha value is -2.61. The minimum atomic E-state index is -0.833. The van der Waals surface area contributed by atoms with Gasteiger partial charge in [0.2, 0.25) is 0 Å². The van der Waals surface area contributed by atoms with Crippen molar-refractivity contribution in [3.8, 4) is 0 Å². The van der Waals surface area contributed by atoms with E-state index in [2.05, 4.69) is 16.0 Å². The highest BCUT2D eigenvalue weighted by Gasteiger charge is 2.34. The van der Waals surface area contributed by atoms with E-state index in [1.807, 2.05) is 24.8 Å². The smallest absolute Gasteiger partial charge is 0.317 e. The summed E-state index contributed by atoms with van der Waals surface area (Å²) in [4.78, 5) is 36.7. The molecule has 0 aromatic heterocycles. The Balaban J connectivity index is 1.74. The Labute approximate surface area is 159 Å². The largest absolute Gasteiger partial charge is 0.480 e. The van der Waals surface area contributed by atoms with Crippen LogP contribution in [0.25, 0.3) is 0 Å². The van der Waals surface area contributed by atoms with Crippen LogP contribution in [0.15, 0.2) is 24.3 Å². The van der Waals surface area contributed by atoms with Crippen molar-refractivity contribution in [2.45, 2.75) is 45.3 Å². The molecule has 1 aromatic rings. The van der Waals surface area contributed by atoms with Crippen molar-refractivity contribution in [3.05, 3.63) is 35.4 Å². The summed E-state index contributed by atoms with van der Waals surface area (Å²) in [5.74, 6) is -0.966. The van der Waals surface area contributed by atoms with Crippen LogP contribution in [0.3, 0.4) is 0 Å². The summed E-state index contributed by atoms with van der Waals surface area (Å²) in [5, 5.41) is 17.4. The molecule has 27 heavy (non-hydrogen) atoms. The van der Waals surface area contributed by atoms with Crippen molar-refractivity contribution < 1.29 is 19.5 Å². The molecule has 0 heterocycles. The van der Waals surface area contributed by atoms with Crippen molar-refractivity contribution in [2.75, 3.05) is 19.6 Å². The Morgan fingerprint density at radius 1 is 1.19 bits per heavy atom. The van der Waals surface area contributed by atoms with Gasteiger partial charge in [0.25, 0.3) is 5.91 Å². The molecule has 1 fully saturated rings. The first-order chi connectivity index (χ1) is 12.9. The second kappa shape index (κ2) is 9.91. The molecule has 0 atom stereocenters. The first kappa shape index (κ1) is 20.7. The van der Waals surface area contributed by atoms with E-state index in [9.17, 15) is 14.4 Å². The first-order valence-corrected chi connectivity index (χ1v) is 9.30. The van der Waals surface area contributed by atoms with Crippen LogP contribution in [0, 0.1) is 0 Å². The van der Waals surface area contributed by atoms with Crippen LogP contribution in [-0.4, -0.2) is 59.6 Å². The fourth-order valence-electron chi connectivity index (χ4n) is 3.18. The zero-order valence-corrected chi connectivity index (χ0v) is 15.8. The van der Waals surface area contributed by atoms with Crippen molar-refractivity contribution in [3.63, 3.8) is 0 Å². The van der Waals surface area contributed by atoms with E-state index in [0.29, 0.717) is 25.2 Å². The Kier molecular flexibility index (Phi) is 7.60. The molecule has 0 unspecified atom stereocenters. The number of hydrogen-bond donors (Lipinski definition) is 4. The molecule has 2 rings (SSSR count). The lowest BCUT2D eigenvalue weighted by Crippen LogP contribution is -2.56. The van der Waals surface area contributed by atoms with Crippen LogP contribution >= 0.6 is 0 Å². The number of carbonyl (C=O) groups excluding carboxylic acids is 2. The van der Waals surface area contributed by atoms with Crippen LogP contribution in [0.4, 0.5) is 4.79 Å². The molecule has 1 aliphatic carbocycles. The van der Waals surface area contributed by atoms with Crippen LogP contribution in [-0.2, 0) is 11.3 Å². The Morgan fingerprint density at radius 3 is 2.56 bits per heavy atom. The maximum absolute atomic E-state index is 12.1. The highest BCUT2D eigenvalue weighted by atomic mass is 16.4. The minimum absolute atomic E-state index is 0.0298. The van der Waals surface area contributed by atoms with E-state index in [0.717, 1.165) is 18.4 Å². The number of likely N-dealkylation sites (N-methyl/N-ethyl adjacent to an activating group) is 1. The third kappa shape index (κ3) is 6.25. The molecule has 4 N–H and O–H groups in total. The van der Waals surface area contributed by atoms with E-state index in [-0.39, 0.29) is 30.6 Å². The van der Waals surface area contributed by atoms with Gasteiger partial charge in [-0.25, -0.2) is 4.79 Å². The number of aliphatic carboxylic acids is 1. The predicted molar refractivity (Wildman–Crippen MR) is 102 cm³/mol. The quantitative estimate of drug-likeness (QED) is 0.517. The van der Waals surface area contributed by atoms with E-state index in [1.54, 1.807) is 18.2 Å². The van der Waals surface area contributed by atoms with E-state index >= 15 is 0 Å². The molecule has 0 saturated heterocycles. The molecule has 1 aliphatic rings. The molecule has 8 nitrogen and oxygen atoms in total. The number of rotatable bonds is 9. The lowest BCUT2D eigenvalue weighted by atomic mass is 9.85.